The first kappa shape index (κ1) is 23.7. The van der Waals surface area contributed by atoms with Crippen LogP contribution >= 0.6 is 0 Å². The van der Waals surface area contributed by atoms with Crippen LogP contribution in [-0.4, -0.2) is 0 Å². The zero-order valence-corrected chi connectivity index (χ0v) is 22.3. The van der Waals surface area contributed by atoms with Crippen LogP contribution in [0.5, 0.6) is 0 Å². The van der Waals surface area contributed by atoms with Crippen LogP contribution in [0.4, 0.5) is 17.1 Å². The molecular weight excluding hydrogens is 486 g/mol. The van der Waals surface area contributed by atoms with Crippen LogP contribution in [0.25, 0.3) is 32.7 Å². The maximum Gasteiger partial charge on any atom is 0.0991 e. The number of hydrogen-bond donors (Lipinski definition) is 0. The van der Waals surface area contributed by atoms with Crippen LogP contribution in [0, 0.1) is 22.7 Å². The van der Waals surface area contributed by atoms with Gasteiger partial charge in [-0.05, 0) is 104 Å². The van der Waals surface area contributed by atoms with Gasteiger partial charge in [0.1, 0.15) is 0 Å². The molecule has 0 aliphatic heterocycles. The molecule has 0 N–H and O–H groups in total. The highest BCUT2D eigenvalue weighted by atomic mass is 15.1. The summed E-state index contributed by atoms with van der Waals surface area (Å²) >= 11 is 0. The van der Waals surface area contributed by atoms with Gasteiger partial charge < -0.3 is 4.90 Å². The largest absolute Gasteiger partial charge is 0.310 e. The summed E-state index contributed by atoms with van der Waals surface area (Å²) in [6.07, 6.45) is 0. The second-order valence-electron chi connectivity index (χ2n) is 10.9. The van der Waals surface area contributed by atoms with E-state index in [1.54, 1.807) is 0 Å². The monoisotopic (exact) mass is 511 g/mol. The van der Waals surface area contributed by atoms with Gasteiger partial charge in [-0.3, -0.25) is 0 Å². The Labute approximate surface area is 233 Å². The minimum atomic E-state index is -0.179. The molecule has 188 valence electrons. The minimum absolute atomic E-state index is 0.179. The number of fused-ring (bicyclic) bond motifs is 7. The fraction of sp³-hybridized carbons (Fsp3) is 0.0811. The third-order valence-corrected chi connectivity index (χ3v) is 8.31. The van der Waals surface area contributed by atoms with E-state index >= 15 is 0 Å². The van der Waals surface area contributed by atoms with Crippen molar-refractivity contribution in [3.8, 4) is 23.3 Å². The molecule has 1 aliphatic carbocycles. The summed E-state index contributed by atoms with van der Waals surface area (Å²) in [5, 5.41) is 23.8. The molecule has 0 bridgehead atoms. The summed E-state index contributed by atoms with van der Waals surface area (Å²) in [7, 11) is 0. The Kier molecular flexibility index (Phi) is 5.24. The van der Waals surface area contributed by atoms with Crippen molar-refractivity contribution in [3.05, 3.63) is 138 Å². The SMILES string of the molecule is CC1(C)c2cc(N(c3ccc(C#N)cc3)c3ccc(C#N)cc3)ccc2-c2c1ccc1c2ccc2ccccc21. The molecule has 0 heterocycles. The Morgan fingerprint density at radius 2 is 1.15 bits per heavy atom. The summed E-state index contributed by atoms with van der Waals surface area (Å²) in [6, 6.07) is 44.1. The van der Waals surface area contributed by atoms with E-state index in [1.165, 1.54) is 43.8 Å². The van der Waals surface area contributed by atoms with Crippen molar-refractivity contribution >= 4 is 38.6 Å². The summed E-state index contributed by atoms with van der Waals surface area (Å²) in [6.45, 7) is 4.62. The molecule has 0 amide bonds. The first-order chi connectivity index (χ1) is 19.5. The number of hydrogen-bond acceptors (Lipinski definition) is 3. The molecule has 40 heavy (non-hydrogen) atoms. The fourth-order valence-electron chi connectivity index (χ4n) is 6.27. The van der Waals surface area contributed by atoms with Gasteiger partial charge in [-0.2, -0.15) is 10.5 Å². The molecule has 3 nitrogen and oxygen atoms in total. The topological polar surface area (TPSA) is 50.8 Å². The van der Waals surface area contributed by atoms with E-state index < -0.39 is 0 Å². The second-order valence-corrected chi connectivity index (χ2v) is 10.9. The molecule has 0 spiro atoms. The molecule has 0 radical (unpaired) electrons. The Morgan fingerprint density at radius 3 is 1.80 bits per heavy atom. The average Bonchev–Trinajstić information content (AvgIpc) is 3.24. The third kappa shape index (κ3) is 3.49. The summed E-state index contributed by atoms with van der Waals surface area (Å²) in [4.78, 5) is 2.19. The van der Waals surface area contributed by atoms with Gasteiger partial charge in [0.05, 0.1) is 23.3 Å². The average molecular weight is 512 g/mol. The van der Waals surface area contributed by atoms with E-state index in [0.717, 1.165) is 17.1 Å². The normalized spacial score (nSPS) is 12.9. The Hall–Kier alpha value is -5.38. The lowest BCUT2D eigenvalue weighted by Crippen LogP contribution is -2.16. The molecule has 0 saturated carbocycles. The molecule has 1 aliphatic rings. The van der Waals surface area contributed by atoms with Crippen LogP contribution in [0.2, 0.25) is 0 Å². The molecular formula is C37H25N3. The van der Waals surface area contributed by atoms with Crippen molar-refractivity contribution in [2.75, 3.05) is 4.90 Å². The molecule has 0 atom stereocenters. The van der Waals surface area contributed by atoms with Gasteiger partial charge >= 0.3 is 0 Å². The number of anilines is 3. The van der Waals surface area contributed by atoms with E-state index in [4.69, 9.17) is 0 Å². The van der Waals surface area contributed by atoms with E-state index in [1.807, 2.05) is 48.5 Å². The zero-order chi connectivity index (χ0) is 27.4. The van der Waals surface area contributed by atoms with E-state index in [9.17, 15) is 10.5 Å². The van der Waals surface area contributed by atoms with Crippen LogP contribution in [0.15, 0.2) is 115 Å². The van der Waals surface area contributed by atoms with Crippen molar-refractivity contribution < 1.29 is 0 Å². The third-order valence-electron chi connectivity index (χ3n) is 8.31. The standard InChI is InChI=1S/C37H25N3/c1-37(2)34-20-19-31-30-6-4-3-5-26(30)11-17-32(31)36(34)33-18-16-29(21-35(33)37)40(27-12-7-24(22-38)8-13-27)28-14-9-25(23-39)10-15-28/h3-21H,1-2H3. The highest BCUT2D eigenvalue weighted by Gasteiger charge is 2.37. The first-order valence-electron chi connectivity index (χ1n) is 13.4. The smallest absolute Gasteiger partial charge is 0.0991 e. The zero-order valence-electron chi connectivity index (χ0n) is 22.3. The quantitative estimate of drug-likeness (QED) is 0.222. The molecule has 0 aromatic heterocycles. The van der Waals surface area contributed by atoms with Gasteiger partial charge in [-0.1, -0.05) is 68.4 Å². The van der Waals surface area contributed by atoms with Crippen molar-refractivity contribution in [1.82, 2.24) is 0 Å². The Balaban J connectivity index is 1.43. The van der Waals surface area contributed by atoms with Crippen molar-refractivity contribution in [1.29, 1.82) is 10.5 Å². The minimum Gasteiger partial charge on any atom is -0.310 e. The van der Waals surface area contributed by atoms with Crippen molar-refractivity contribution in [2.24, 2.45) is 0 Å². The molecule has 3 heteroatoms. The maximum atomic E-state index is 9.35. The van der Waals surface area contributed by atoms with E-state index in [-0.39, 0.29) is 5.41 Å². The van der Waals surface area contributed by atoms with Crippen molar-refractivity contribution in [2.45, 2.75) is 19.3 Å². The van der Waals surface area contributed by atoms with Crippen LogP contribution < -0.4 is 4.90 Å². The van der Waals surface area contributed by atoms with Gasteiger partial charge in [0, 0.05) is 22.5 Å². The Morgan fingerprint density at radius 1 is 0.550 bits per heavy atom. The van der Waals surface area contributed by atoms with Gasteiger partial charge in [-0.25, -0.2) is 0 Å². The van der Waals surface area contributed by atoms with Crippen molar-refractivity contribution in [3.63, 3.8) is 0 Å². The van der Waals surface area contributed by atoms with Gasteiger partial charge in [0.25, 0.3) is 0 Å². The Bertz CT molecular complexity index is 1980. The highest BCUT2D eigenvalue weighted by Crippen LogP contribution is 2.53. The van der Waals surface area contributed by atoms with E-state index in [0.29, 0.717) is 11.1 Å². The summed E-state index contributed by atoms with van der Waals surface area (Å²) in [5.74, 6) is 0. The number of nitrogens with zero attached hydrogens (tertiary/aromatic N) is 3. The molecule has 0 fully saturated rings. The lowest BCUT2D eigenvalue weighted by molar-refractivity contribution is 0.661. The predicted molar refractivity (Wildman–Crippen MR) is 163 cm³/mol. The predicted octanol–water partition coefficient (Wildman–Crippen LogP) is 9.51. The van der Waals surface area contributed by atoms with Gasteiger partial charge in [0.15, 0.2) is 0 Å². The molecule has 0 saturated heterocycles. The highest BCUT2D eigenvalue weighted by molar-refractivity contribution is 6.14. The van der Waals surface area contributed by atoms with Crippen LogP contribution in [0.3, 0.4) is 0 Å². The number of benzene rings is 6. The second kappa shape index (κ2) is 8.84. The lowest BCUT2D eigenvalue weighted by atomic mass is 9.81. The van der Waals surface area contributed by atoms with E-state index in [2.05, 4.69) is 97.6 Å². The summed E-state index contributed by atoms with van der Waals surface area (Å²) in [5.41, 5.74) is 9.20. The number of nitriles is 2. The molecule has 6 aromatic rings. The lowest BCUT2D eigenvalue weighted by Gasteiger charge is -2.28. The first-order valence-corrected chi connectivity index (χ1v) is 13.4. The molecule has 6 aromatic carbocycles. The van der Waals surface area contributed by atoms with Crippen LogP contribution in [0.1, 0.15) is 36.1 Å². The maximum absolute atomic E-state index is 9.35. The fourth-order valence-corrected chi connectivity index (χ4v) is 6.27. The van der Waals surface area contributed by atoms with Gasteiger partial charge in [-0.15, -0.1) is 0 Å². The number of rotatable bonds is 3. The van der Waals surface area contributed by atoms with Gasteiger partial charge in [0.2, 0.25) is 0 Å². The molecule has 0 unspecified atom stereocenters. The molecule has 7 rings (SSSR count). The summed E-state index contributed by atoms with van der Waals surface area (Å²) < 4.78 is 0. The van der Waals surface area contributed by atoms with Crippen LogP contribution in [-0.2, 0) is 5.41 Å².